The van der Waals surface area contributed by atoms with Crippen LogP contribution in [0.3, 0.4) is 0 Å². The summed E-state index contributed by atoms with van der Waals surface area (Å²) in [6, 6.07) is 14.4. The van der Waals surface area contributed by atoms with E-state index in [0.29, 0.717) is 18.0 Å². The Morgan fingerprint density at radius 2 is 1.72 bits per heavy atom. The van der Waals surface area contributed by atoms with E-state index in [-0.39, 0.29) is 6.61 Å². The fourth-order valence-electron chi connectivity index (χ4n) is 3.35. The fourth-order valence-corrected chi connectivity index (χ4v) is 4.87. The zero-order chi connectivity index (χ0) is 20.7. The number of sulfonamides is 1. The van der Waals surface area contributed by atoms with Crippen molar-refractivity contribution >= 4 is 22.1 Å². The normalized spacial score (nSPS) is 15.9. The van der Waals surface area contributed by atoms with Crippen LogP contribution in [-0.4, -0.2) is 31.8 Å². The number of aryl methyl sites for hydroxylation is 1. The van der Waals surface area contributed by atoms with Crippen LogP contribution in [0.4, 0.5) is 0 Å². The molecule has 0 amide bonds. The lowest BCUT2D eigenvalue weighted by atomic mass is 10.1. The van der Waals surface area contributed by atoms with Crippen LogP contribution in [0.5, 0.6) is 0 Å². The molecule has 0 radical (unpaired) electrons. The lowest BCUT2D eigenvalue weighted by Crippen LogP contribution is -2.31. The van der Waals surface area contributed by atoms with E-state index in [2.05, 4.69) is 0 Å². The lowest BCUT2D eigenvalue weighted by Gasteiger charge is -2.19. The Hall–Kier alpha value is -2.44. The highest BCUT2D eigenvalue weighted by Gasteiger charge is 2.24. The number of nitrogens with zero attached hydrogens (tertiary/aromatic N) is 1. The minimum absolute atomic E-state index is 0.220. The van der Waals surface area contributed by atoms with Gasteiger partial charge in [-0.05, 0) is 49.1 Å². The van der Waals surface area contributed by atoms with Crippen molar-refractivity contribution in [1.29, 1.82) is 0 Å². The van der Waals surface area contributed by atoms with Crippen molar-refractivity contribution in [3.05, 3.63) is 71.3 Å². The molecule has 0 bridgehead atoms. The summed E-state index contributed by atoms with van der Waals surface area (Å²) in [5.74, 6) is -0.437. The first-order valence-corrected chi connectivity index (χ1v) is 11.4. The highest BCUT2D eigenvalue weighted by atomic mass is 32.2. The molecule has 1 aliphatic heterocycles. The molecule has 154 valence electrons. The van der Waals surface area contributed by atoms with Gasteiger partial charge in [-0.3, -0.25) is 0 Å². The highest BCUT2D eigenvalue weighted by molar-refractivity contribution is 7.89. The summed E-state index contributed by atoms with van der Waals surface area (Å²) in [7, 11) is -3.46. The monoisotopic (exact) mass is 413 g/mol. The average molecular weight is 414 g/mol. The van der Waals surface area contributed by atoms with Crippen molar-refractivity contribution in [3.63, 3.8) is 0 Å². The molecule has 0 unspecified atom stereocenters. The van der Waals surface area contributed by atoms with Gasteiger partial charge < -0.3 is 4.74 Å². The van der Waals surface area contributed by atoms with Crippen LogP contribution in [0, 0.1) is 6.92 Å². The van der Waals surface area contributed by atoms with Gasteiger partial charge in [-0.2, -0.15) is 4.31 Å². The maximum atomic E-state index is 12.8. The molecule has 3 rings (SSSR count). The lowest BCUT2D eigenvalue weighted by molar-refractivity contribution is -0.138. The fraction of sp³-hybridized carbons (Fsp3) is 0.348. The summed E-state index contributed by atoms with van der Waals surface area (Å²) < 4.78 is 32.4. The molecule has 1 saturated heterocycles. The molecule has 0 saturated carbocycles. The topological polar surface area (TPSA) is 63.7 Å². The Labute approximate surface area is 173 Å². The molecule has 1 fully saturated rings. The van der Waals surface area contributed by atoms with Crippen molar-refractivity contribution in [1.82, 2.24) is 4.31 Å². The van der Waals surface area contributed by atoms with Gasteiger partial charge in [0, 0.05) is 19.2 Å². The van der Waals surface area contributed by atoms with E-state index in [4.69, 9.17) is 4.74 Å². The van der Waals surface area contributed by atoms with E-state index >= 15 is 0 Å². The van der Waals surface area contributed by atoms with E-state index in [9.17, 15) is 13.2 Å². The first kappa shape index (κ1) is 21.3. The zero-order valence-electron chi connectivity index (χ0n) is 16.7. The van der Waals surface area contributed by atoms with Crippen LogP contribution >= 0.6 is 0 Å². The molecule has 0 N–H and O–H groups in total. The quantitative estimate of drug-likeness (QED) is 0.523. The molecular formula is C23H27NO4S. The van der Waals surface area contributed by atoms with Crippen LogP contribution in [-0.2, 0) is 26.2 Å². The van der Waals surface area contributed by atoms with Crippen LogP contribution in [0.15, 0.2) is 59.5 Å². The SMILES string of the molecule is Cc1cccc(COC(=O)/C=C/c2ccc(S(=O)(=O)N3CCCCCC3)cc2)c1. The number of carbonyl (C=O) groups is 1. The third kappa shape index (κ3) is 6.02. The Balaban J connectivity index is 1.58. The van der Waals surface area contributed by atoms with Crippen LogP contribution < -0.4 is 0 Å². The van der Waals surface area contributed by atoms with Gasteiger partial charge in [0.05, 0.1) is 4.90 Å². The van der Waals surface area contributed by atoms with Gasteiger partial charge in [-0.15, -0.1) is 0 Å². The number of ether oxygens (including phenoxy) is 1. The third-order valence-corrected chi connectivity index (χ3v) is 6.87. The largest absolute Gasteiger partial charge is 0.458 e. The second-order valence-electron chi connectivity index (χ2n) is 7.32. The number of hydrogen-bond donors (Lipinski definition) is 0. The van der Waals surface area contributed by atoms with Gasteiger partial charge in [0.15, 0.2) is 0 Å². The predicted molar refractivity (Wildman–Crippen MR) is 114 cm³/mol. The van der Waals surface area contributed by atoms with E-state index < -0.39 is 16.0 Å². The van der Waals surface area contributed by atoms with Crippen molar-refractivity contribution in [3.8, 4) is 0 Å². The zero-order valence-corrected chi connectivity index (χ0v) is 17.5. The van der Waals surface area contributed by atoms with Gasteiger partial charge in [0.1, 0.15) is 6.61 Å². The van der Waals surface area contributed by atoms with E-state index in [0.717, 1.165) is 42.4 Å². The van der Waals surface area contributed by atoms with Gasteiger partial charge in [-0.1, -0.05) is 54.8 Å². The molecule has 5 nitrogen and oxygen atoms in total. The van der Waals surface area contributed by atoms with Crippen LogP contribution in [0.1, 0.15) is 42.4 Å². The predicted octanol–water partition coefficient (Wildman–Crippen LogP) is 4.32. The third-order valence-electron chi connectivity index (χ3n) is 4.96. The van der Waals surface area contributed by atoms with E-state index in [1.165, 1.54) is 6.08 Å². The van der Waals surface area contributed by atoms with E-state index in [1.807, 2.05) is 31.2 Å². The Bertz CT molecular complexity index is 957. The van der Waals surface area contributed by atoms with Gasteiger partial charge in [0.2, 0.25) is 10.0 Å². The summed E-state index contributed by atoms with van der Waals surface area (Å²) >= 11 is 0. The summed E-state index contributed by atoms with van der Waals surface area (Å²) in [6.07, 6.45) is 6.95. The molecule has 2 aromatic carbocycles. The van der Waals surface area contributed by atoms with Crippen molar-refractivity contribution in [2.24, 2.45) is 0 Å². The maximum absolute atomic E-state index is 12.8. The molecule has 0 aliphatic carbocycles. The number of benzene rings is 2. The van der Waals surface area contributed by atoms with Crippen molar-refractivity contribution < 1.29 is 17.9 Å². The summed E-state index contributed by atoms with van der Waals surface area (Å²) in [6.45, 7) is 3.37. The van der Waals surface area contributed by atoms with Gasteiger partial charge >= 0.3 is 5.97 Å². The average Bonchev–Trinajstić information content (AvgIpc) is 3.01. The molecule has 0 spiro atoms. The molecule has 0 aromatic heterocycles. The smallest absolute Gasteiger partial charge is 0.331 e. The Kier molecular flexibility index (Phi) is 7.23. The molecule has 2 aromatic rings. The molecule has 0 atom stereocenters. The maximum Gasteiger partial charge on any atom is 0.331 e. The number of carbonyl (C=O) groups excluding carboxylic acids is 1. The van der Waals surface area contributed by atoms with Crippen LogP contribution in [0.2, 0.25) is 0 Å². The first-order valence-electron chi connectivity index (χ1n) is 9.96. The molecular weight excluding hydrogens is 386 g/mol. The van der Waals surface area contributed by atoms with Gasteiger partial charge in [-0.25, -0.2) is 13.2 Å². The minimum atomic E-state index is -3.46. The van der Waals surface area contributed by atoms with Crippen molar-refractivity contribution in [2.75, 3.05) is 13.1 Å². The van der Waals surface area contributed by atoms with Gasteiger partial charge in [0.25, 0.3) is 0 Å². The molecule has 6 heteroatoms. The highest BCUT2D eigenvalue weighted by Crippen LogP contribution is 2.21. The summed E-state index contributed by atoms with van der Waals surface area (Å²) in [5.41, 5.74) is 2.80. The Morgan fingerprint density at radius 1 is 1.03 bits per heavy atom. The Morgan fingerprint density at radius 3 is 2.38 bits per heavy atom. The van der Waals surface area contributed by atoms with Crippen molar-refractivity contribution in [2.45, 2.75) is 44.1 Å². The molecule has 1 aliphatic rings. The number of esters is 1. The van der Waals surface area contributed by atoms with Crippen LogP contribution in [0.25, 0.3) is 6.08 Å². The molecule has 29 heavy (non-hydrogen) atoms. The summed E-state index contributed by atoms with van der Waals surface area (Å²) in [4.78, 5) is 12.2. The minimum Gasteiger partial charge on any atom is -0.458 e. The number of rotatable bonds is 6. The molecule has 1 heterocycles. The first-order chi connectivity index (χ1) is 13.9. The second-order valence-corrected chi connectivity index (χ2v) is 9.26. The second kappa shape index (κ2) is 9.85. The van der Waals surface area contributed by atoms with E-state index in [1.54, 1.807) is 34.6 Å². The standard InChI is InChI=1S/C23H27NO4S/c1-19-7-6-8-21(17-19)18-28-23(25)14-11-20-9-12-22(13-10-20)29(26,27)24-15-4-2-3-5-16-24/h6-14,17H,2-5,15-16,18H2,1H3/b14-11+. The number of hydrogen-bond acceptors (Lipinski definition) is 4. The summed E-state index contributed by atoms with van der Waals surface area (Å²) in [5, 5.41) is 0.